The molecular formula is C16H17NO2S2. The lowest BCUT2D eigenvalue weighted by atomic mass is 10.2. The third-order valence-corrected chi connectivity index (χ3v) is 4.79. The van der Waals surface area contributed by atoms with Gasteiger partial charge in [0.05, 0.1) is 0 Å². The average Bonchev–Trinajstić information content (AvgIpc) is 3.05. The Morgan fingerprint density at radius 3 is 2.90 bits per heavy atom. The summed E-state index contributed by atoms with van der Waals surface area (Å²) in [6, 6.07) is 6.06. The van der Waals surface area contributed by atoms with Gasteiger partial charge in [-0.1, -0.05) is 11.8 Å². The first-order valence-electron chi connectivity index (χ1n) is 6.63. The maximum atomic E-state index is 12.3. The van der Waals surface area contributed by atoms with E-state index in [1.165, 1.54) is 21.1 Å². The number of aliphatic hydroxyl groups is 1. The van der Waals surface area contributed by atoms with Gasteiger partial charge in [-0.25, -0.2) is 0 Å². The van der Waals surface area contributed by atoms with Crippen molar-refractivity contribution in [2.24, 2.45) is 0 Å². The molecule has 5 heteroatoms. The Labute approximate surface area is 132 Å². The maximum Gasteiger partial charge on any atom is 0.262 e. The minimum absolute atomic E-state index is 0.0660. The van der Waals surface area contributed by atoms with Crippen LogP contribution in [0.15, 0.2) is 23.6 Å². The van der Waals surface area contributed by atoms with Crippen molar-refractivity contribution in [3.8, 4) is 11.8 Å². The van der Waals surface area contributed by atoms with Crippen LogP contribution in [0.4, 0.5) is 0 Å². The Bertz CT molecular complexity index is 676. The zero-order chi connectivity index (χ0) is 15.2. The van der Waals surface area contributed by atoms with Gasteiger partial charge in [-0.05, 0) is 37.4 Å². The SMILES string of the molecule is Cc1ccc(CC(C)NC(=O)c2sccc2C#CCO)s1. The molecule has 1 atom stereocenters. The molecule has 0 aliphatic heterocycles. The standard InChI is InChI=1S/C16H17NO2S2/c1-11(10-14-6-5-12(2)21-14)17-16(19)15-13(4-3-8-18)7-9-20-15/h5-7,9,11,18H,8,10H2,1-2H3,(H,17,19). The second kappa shape index (κ2) is 7.41. The van der Waals surface area contributed by atoms with Crippen LogP contribution in [0.3, 0.4) is 0 Å². The number of hydrogen-bond donors (Lipinski definition) is 2. The molecule has 0 fully saturated rings. The van der Waals surface area contributed by atoms with Gasteiger partial charge in [0.2, 0.25) is 0 Å². The first-order chi connectivity index (χ1) is 10.1. The molecule has 0 aromatic carbocycles. The van der Waals surface area contributed by atoms with Crippen LogP contribution in [0.25, 0.3) is 0 Å². The summed E-state index contributed by atoms with van der Waals surface area (Å²) in [6.45, 7) is 3.87. The van der Waals surface area contributed by atoms with E-state index in [1.54, 1.807) is 17.4 Å². The molecule has 0 spiro atoms. The van der Waals surface area contributed by atoms with Gasteiger partial charge >= 0.3 is 0 Å². The molecule has 0 saturated carbocycles. The molecule has 2 aromatic heterocycles. The van der Waals surface area contributed by atoms with E-state index in [4.69, 9.17) is 5.11 Å². The molecule has 0 radical (unpaired) electrons. The highest BCUT2D eigenvalue weighted by Gasteiger charge is 2.15. The number of hydrogen-bond acceptors (Lipinski definition) is 4. The zero-order valence-electron chi connectivity index (χ0n) is 12.0. The van der Waals surface area contributed by atoms with Crippen LogP contribution in [0.5, 0.6) is 0 Å². The highest BCUT2D eigenvalue weighted by molar-refractivity contribution is 7.12. The zero-order valence-corrected chi connectivity index (χ0v) is 13.6. The first-order valence-corrected chi connectivity index (χ1v) is 8.33. The smallest absolute Gasteiger partial charge is 0.262 e. The number of aliphatic hydroxyl groups excluding tert-OH is 1. The maximum absolute atomic E-state index is 12.3. The summed E-state index contributed by atoms with van der Waals surface area (Å²) in [4.78, 5) is 15.4. The molecule has 0 saturated heterocycles. The summed E-state index contributed by atoms with van der Waals surface area (Å²) in [5.74, 6) is 5.27. The van der Waals surface area contributed by atoms with Crippen molar-refractivity contribution in [3.05, 3.63) is 43.8 Å². The number of carbonyl (C=O) groups is 1. The molecule has 3 nitrogen and oxygen atoms in total. The topological polar surface area (TPSA) is 49.3 Å². The Kier molecular flexibility index (Phi) is 5.57. The van der Waals surface area contributed by atoms with Crippen molar-refractivity contribution in [1.29, 1.82) is 0 Å². The lowest BCUT2D eigenvalue weighted by molar-refractivity contribution is 0.0944. The van der Waals surface area contributed by atoms with Gasteiger partial charge in [-0.15, -0.1) is 22.7 Å². The first kappa shape index (κ1) is 15.8. The Morgan fingerprint density at radius 2 is 2.24 bits per heavy atom. The van der Waals surface area contributed by atoms with E-state index in [0.29, 0.717) is 10.4 Å². The highest BCUT2D eigenvalue weighted by atomic mass is 32.1. The largest absolute Gasteiger partial charge is 0.384 e. The summed E-state index contributed by atoms with van der Waals surface area (Å²) < 4.78 is 0. The Balaban J connectivity index is 1.99. The molecule has 21 heavy (non-hydrogen) atoms. The number of carbonyl (C=O) groups excluding carboxylic acids is 1. The van der Waals surface area contributed by atoms with Gasteiger partial charge in [0.15, 0.2) is 0 Å². The molecule has 2 heterocycles. The minimum Gasteiger partial charge on any atom is -0.384 e. The summed E-state index contributed by atoms with van der Waals surface area (Å²) in [7, 11) is 0. The summed E-state index contributed by atoms with van der Waals surface area (Å²) in [5, 5.41) is 13.6. The van der Waals surface area contributed by atoms with Gasteiger partial charge < -0.3 is 10.4 Å². The molecule has 1 unspecified atom stereocenters. The molecule has 110 valence electrons. The molecule has 2 N–H and O–H groups in total. The highest BCUT2D eigenvalue weighted by Crippen LogP contribution is 2.18. The van der Waals surface area contributed by atoms with Crippen LogP contribution in [0.2, 0.25) is 0 Å². The summed E-state index contributed by atoms with van der Waals surface area (Å²) in [5.41, 5.74) is 0.672. The lowest BCUT2D eigenvalue weighted by Crippen LogP contribution is -2.33. The van der Waals surface area contributed by atoms with Gasteiger partial charge in [-0.3, -0.25) is 4.79 Å². The minimum atomic E-state index is -0.203. The second-order valence-electron chi connectivity index (χ2n) is 4.71. The molecular weight excluding hydrogens is 302 g/mol. The average molecular weight is 319 g/mol. The molecule has 2 rings (SSSR count). The summed E-state index contributed by atoms with van der Waals surface area (Å²) >= 11 is 3.12. The van der Waals surface area contributed by atoms with E-state index in [0.717, 1.165) is 6.42 Å². The predicted octanol–water partition coefficient (Wildman–Crippen LogP) is 2.82. The summed E-state index contributed by atoms with van der Waals surface area (Å²) in [6.07, 6.45) is 0.827. The van der Waals surface area contributed by atoms with Crippen LogP contribution >= 0.6 is 22.7 Å². The number of thiophene rings is 2. The van der Waals surface area contributed by atoms with Gasteiger partial charge in [0.1, 0.15) is 11.5 Å². The number of amides is 1. The lowest BCUT2D eigenvalue weighted by Gasteiger charge is -2.12. The van der Waals surface area contributed by atoms with E-state index in [1.807, 2.05) is 12.3 Å². The predicted molar refractivity (Wildman–Crippen MR) is 88.0 cm³/mol. The Hall–Kier alpha value is -1.61. The second-order valence-corrected chi connectivity index (χ2v) is 7.00. The third-order valence-electron chi connectivity index (χ3n) is 2.85. The van der Waals surface area contributed by atoms with Crippen molar-refractivity contribution < 1.29 is 9.90 Å². The van der Waals surface area contributed by atoms with Crippen molar-refractivity contribution in [1.82, 2.24) is 5.32 Å². The fraction of sp³-hybridized carbons (Fsp3) is 0.312. The monoisotopic (exact) mass is 319 g/mol. The van der Waals surface area contributed by atoms with Crippen molar-refractivity contribution in [3.63, 3.8) is 0 Å². The van der Waals surface area contributed by atoms with Gasteiger partial charge in [0.25, 0.3) is 5.91 Å². The van der Waals surface area contributed by atoms with Crippen molar-refractivity contribution in [2.75, 3.05) is 6.61 Å². The molecule has 0 aliphatic carbocycles. The fourth-order valence-electron chi connectivity index (χ4n) is 1.96. The number of aryl methyl sites for hydroxylation is 1. The van der Waals surface area contributed by atoms with Crippen LogP contribution < -0.4 is 5.32 Å². The van der Waals surface area contributed by atoms with Gasteiger partial charge in [-0.2, -0.15) is 0 Å². The molecule has 0 aliphatic rings. The van der Waals surface area contributed by atoms with E-state index in [-0.39, 0.29) is 18.6 Å². The van der Waals surface area contributed by atoms with E-state index in [2.05, 4.69) is 36.2 Å². The quantitative estimate of drug-likeness (QED) is 0.852. The van der Waals surface area contributed by atoms with E-state index < -0.39 is 0 Å². The van der Waals surface area contributed by atoms with Crippen molar-refractivity contribution >= 4 is 28.6 Å². The van der Waals surface area contributed by atoms with E-state index >= 15 is 0 Å². The van der Waals surface area contributed by atoms with Crippen LogP contribution in [-0.4, -0.2) is 23.7 Å². The van der Waals surface area contributed by atoms with E-state index in [9.17, 15) is 4.79 Å². The van der Waals surface area contributed by atoms with Gasteiger partial charge in [0, 0.05) is 27.8 Å². The fourth-order valence-corrected chi connectivity index (χ4v) is 3.73. The Morgan fingerprint density at radius 1 is 1.43 bits per heavy atom. The molecule has 0 bridgehead atoms. The number of nitrogens with one attached hydrogen (secondary N) is 1. The van der Waals surface area contributed by atoms with Crippen LogP contribution in [0.1, 0.15) is 31.9 Å². The normalized spacial score (nSPS) is 11.6. The van der Waals surface area contributed by atoms with Crippen LogP contribution in [0, 0.1) is 18.8 Å². The number of rotatable bonds is 4. The van der Waals surface area contributed by atoms with Crippen molar-refractivity contribution in [2.45, 2.75) is 26.3 Å². The third kappa shape index (κ3) is 4.43. The molecule has 1 amide bonds. The molecule has 2 aromatic rings. The van der Waals surface area contributed by atoms with Crippen LogP contribution in [-0.2, 0) is 6.42 Å².